The Morgan fingerprint density at radius 3 is 1.54 bits per heavy atom. The van der Waals surface area contributed by atoms with Crippen molar-refractivity contribution in [3.05, 3.63) is 27.8 Å². The molecule has 4 heteroatoms. The van der Waals surface area contributed by atoms with E-state index in [0.717, 1.165) is 68.9 Å². The molecule has 1 aromatic rings. The summed E-state index contributed by atoms with van der Waals surface area (Å²) in [7, 11) is -3.72. The Bertz CT molecular complexity index is 675. The summed E-state index contributed by atoms with van der Waals surface area (Å²) >= 11 is 0. The van der Waals surface area contributed by atoms with Crippen LogP contribution in [0.4, 0.5) is 0 Å². The predicted molar refractivity (Wildman–Crippen MR) is 111 cm³/mol. The SMILES string of the molecule is CCCCc1c(CC)c(CC)c(CC)c(S(=O)(=O)OCC)c1CCCC. The van der Waals surface area contributed by atoms with Crippen LogP contribution < -0.4 is 0 Å². The molecule has 0 aliphatic heterocycles. The van der Waals surface area contributed by atoms with Crippen LogP contribution in [0.2, 0.25) is 0 Å². The first kappa shape index (κ1) is 23.2. The smallest absolute Gasteiger partial charge is 0.267 e. The first-order chi connectivity index (χ1) is 12.4. The maximum absolute atomic E-state index is 13.1. The van der Waals surface area contributed by atoms with E-state index in [1.54, 1.807) is 6.92 Å². The maximum atomic E-state index is 13.1. The third-order valence-electron chi connectivity index (χ3n) is 5.15. The molecule has 1 aromatic carbocycles. The van der Waals surface area contributed by atoms with Crippen LogP contribution in [0.25, 0.3) is 0 Å². The lowest BCUT2D eigenvalue weighted by atomic mass is 9.84. The number of hydrogen-bond acceptors (Lipinski definition) is 3. The second-order valence-electron chi connectivity index (χ2n) is 6.85. The van der Waals surface area contributed by atoms with Gasteiger partial charge in [0.2, 0.25) is 0 Å². The van der Waals surface area contributed by atoms with E-state index in [0.29, 0.717) is 4.90 Å². The molecule has 150 valence electrons. The van der Waals surface area contributed by atoms with Crippen molar-refractivity contribution in [1.29, 1.82) is 0 Å². The summed E-state index contributed by atoms with van der Waals surface area (Å²) in [5.74, 6) is 0. The summed E-state index contributed by atoms with van der Waals surface area (Å²) in [5.41, 5.74) is 5.94. The van der Waals surface area contributed by atoms with E-state index in [-0.39, 0.29) is 6.61 Å². The minimum atomic E-state index is -3.72. The van der Waals surface area contributed by atoms with Crippen molar-refractivity contribution < 1.29 is 12.6 Å². The zero-order valence-corrected chi connectivity index (χ0v) is 18.5. The molecular formula is C22H38O3S. The quantitative estimate of drug-likeness (QED) is 0.430. The highest BCUT2D eigenvalue weighted by Gasteiger charge is 2.29. The van der Waals surface area contributed by atoms with Gasteiger partial charge in [0.05, 0.1) is 6.61 Å². The molecule has 1 rings (SSSR count). The summed E-state index contributed by atoms with van der Waals surface area (Å²) < 4.78 is 31.4. The molecule has 0 aliphatic carbocycles. The van der Waals surface area contributed by atoms with E-state index >= 15 is 0 Å². The van der Waals surface area contributed by atoms with Crippen molar-refractivity contribution >= 4 is 10.1 Å². The first-order valence-electron chi connectivity index (χ1n) is 10.5. The molecule has 0 unspecified atom stereocenters. The van der Waals surface area contributed by atoms with Gasteiger partial charge in [-0.05, 0) is 79.7 Å². The second-order valence-corrected chi connectivity index (χ2v) is 8.40. The molecule has 0 aromatic heterocycles. The zero-order valence-electron chi connectivity index (χ0n) is 17.7. The highest BCUT2D eigenvalue weighted by atomic mass is 32.2. The van der Waals surface area contributed by atoms with Crippen LogP contribution in [-0.4, -0.2) is 15.0 Å². The van der Waals surface area contributed by atoms with Crippen LogP contribution >= 0.6 is 0 Å². The lowest BCUT2D eigenvalue weighted by Gasteiger charge is -2.25. The van der Waals surface area contributed by atoms with Gasteiger partial charge in [0.25, 0.3) is 10.1 Å². The summed E-state index contributed by atoms with van der Waals surface area (Å²) in [5, 5.41) is 0. The molecule has 0 radical (unpaired) electrons. The molecule has 0 amide bonds. The Kier molecular flexibility index (Phi) is 9.88. The molecule has 0 aliphatic rings. The Balaban J connectivity index is 3.92. The molecule has 0 spiro atoms. The van der Waals surface area contributed by atoms with E-state index < -0.39 is 10.1 Å². The topological polar surface area (TPSA) is 43.4 Å². The lowest BCUT2D eigenvalue weighted by molar-refractivity contribution is 0.337. The van der Waals surface area contributed by atoms with Crippen LogP contribution in [0.1, 0.15) is 95.0 Å². The summed E-state index contributed by atoms with van der Waals surface area (Å²) in [6.07, 6.45) is 8.61. The molecule has 0 bridgehead atoms. The number of rotatable bonds is 12. The third kappa shape index (κ3) is 5.10. The van der Waals surface area contributed by atoms with Crippen LogP contribution in [0.15, 0.2) is 4.90 Å². The lowest BCUT2D eigenvalue weighted by Crippen LogP contribution is -2.18. The highest BCUT2D eigenvalue weighted by molar-refractivity contribution is 7.86. The van der Waals surface area contributed by atoms with E-state index in [2.05, 4.69) is 34.6 Å². The van der Waals surface area contributed by atoms with Gasteiger partial charge in [0.15, 0.2) is 0 Å². The molecule has 0 fully saturated rings. The van der Waals surface area contributed by atoms with Gasteiger partial charge in [-0.15, -0.1) is 0 Å². The number of unbranched alkanes of at least 4 members (excludes halogenated alkanes) is 2. The summed E-state index contributed by atoms with van der Waals surface area (Å²) in [6, 6.07) is 0. The standard InChI is InChI=1S/C22H38O3S/c1-7-13-15-20-18(10-4)17(9-3)19(11-5)22(21(20)16-14-8-2)26(23,24)25-12-6/h7-16H2,1-6H3. The Hall–Kier alpha value is -0.870. The van der Waals surface area contributed by atoms with Crippen molar-refractivity contribution in [2.24, 2.45) is 0 Å². The van der Waals surface area contributed by atoms with Crippen LogP contribution in [0, 0.1) is 0 Å². The van der Waals surface area contributed by atoms with E-state index in [9.17, 15) is 8.42 Å². The van der Waals surface area contributed by atoms with Gasteiger partial charge in [-0.2, -0.15) is 8.42 Å². The van der Waals surface area contributed by atoms with Gasteiger partial charge in [-0.25, -0.2) is 0 Å². The molecule has 0 saturated carbocycles. The van der Waals surface area contributed by atoms with E-state index in [1.165, 1.54) is 16.7 Å². The average Bonchev–Trinajstić information content (AvgIpc) is 2.62. The molecule has 0 saturated heterocycles. The minimum Gasteiger partial charge on any atom is -0.267 e. The minimum absolute atomic E-state index is 0.181. The van der Waals surface area contributed by atoms with Gasteiger partial charge >= 0.3 is 0 Å². The summed E-state index contributed by atoms with van der Waals surface area (Å²) in [6.45, 7) is 12.7. The largest absolute Gasteiger partial charge is 0.297 e. The highest BCUT2D eigenvalue weighted by Crippen LogP contribution is 2.36. The third-order valence-corrected chi connectivity index (χ3v) is 6.69. The molecule has 26 heavy (non-hydrogen) atoms. The fourth-order valence-electron chi connectivity index (χ4n) is 4.02. The fourth-order valence-corrected chi connectivity index (χ4v) is 5.54. The van der Waals surface area contributed by atoms with E-state index in [4.69, 9.17) is 4.18 Å². The molecular weight excluding hydrogens is 344 g/mol. The molecule has 3 nitrogen and oxygen atoms in total. The fraction of sp³-hybridized carbons (Fsp3) is 0.727. The summed E-state index contributed by atoms with van der Waals surface area (Å²) in [4.78, 5) is 0.496. The van der Waals surface area contributed by atoms with Crippen LogP contribution in [0.3, 0.4) is 0 Å². The maximum Gasteiger partial charge on any atom is 0.297 e. The Labute approximate surface area is 161 Å². The molecule has 0 atom stereocenters. The predicted octanol–water partition coefficient (Wildman–Crippen LogP) is 5.78. The van der Waals surface area contributed by atoms with E-state index in [1.807, 2.05) is 0 Å². The average molecular weight is 383 g/mol. The van der Waals surface area contributed by atoms with Gasteiger partial charge in [-0.1, -0.05) is 47.5 Å². The van der Waals surface area contributed by atoms with Crippen LogP contribution in [-0.2, 0) is 46.4 Å². The van der Waals surface area contributed by atoms with Crippen molar-refractivity contribution in [2.45, 2.75) is 104 Å². The molecule has 0 N–H and O–H groups in total. The normalized spacial score (nSPS) is 11.9. The van der Waals surface area contributed by atoms with Gasteiger partial charge in [-0.3, -0.25) is 4.18 Å². The monoisotopic (exact) mass is 382 g/mol. The first-order valence-corrected chi connectivity index (χ1v) is 11.9. The zero-order chi connectivity index (χ0) is 19.7. The molecule has 0 heterocycles. The van der Waals surface area contributed by atoms with Gasteiger partial charge in [0.1, 0.15) is 4.90 Å². The second kappa shape index (κ2) is 11.1. The van der Waals surface area contributed by atoms with Crippen molar-refractivity contribution in [3.8, 4) is 0 Å². The van der Waals surface area contributed by atoms with Crippen molar-refractivity contribution in [2.75, 3.05) is 6.61 Å². The number of hydrogen-bond donors (Lipinski definition) is 0. The van der Waals surface area contributed by atoms with Crippen molar-refractivity contribution in [1.82, 2.24) is 0 Å². The van der Waals surface area contributed by atoms with Gasteiger partial charge < -0.3 is 0 Å². The van der Waals surface area contributed by atoms with Crippen molar-refractivity contribution in [3.63, 3.8) is 0 Å². The number of benzene rings is 1. The Morgan fingerprint density at radius 1 is 0.654 bits per heavy atom. The van der Waals surface area contributed by atoms with Gasteiger partial charge in [0, 0.05) is 0 Å². The Morgan fingerprint density at radius 2 is 1.12 bits per heavy atom. The van der Waals surface area contributed by atoms with Crippen LogP contribution in [0.5, 0.6) is 0 Å².